The van der Waals surface area contributed by atoms with E-state index in [-0.39, 0.29) is 17.0 Å². The minimum atomic E-state index is -1.11. The Bertz CT molecular complexity index is 638. The average molecular weight is 315 g/mol. The van der Waals surface area contributed by atoms with E-state index in [1.165, 1.54) is 12.1 Å². The molecule has 0 atom stereocenters. The summed E-state index contributed by atoms with van der Waals surface area (Å²) in [6.45, 7) is 5.16. The Morgan fingerprint density at radius 1 is 1.14 bits per heavy atom. The molecule has 0 aliphatic carbocycles. The second-order valence-electron chi connectivity index (χ2n) is 4.01. The molecule has 21 heavy (non-hydrogen) atoms. The molecule has 2 aromatic rings. The highest BCUT2D eigenvalue weighted by Crippen LogP contribution is 2.25. The van der Waals surface area contributed by atoms with Crippen molar-refractivity contribution in [1.29, 1.82) is 0 Å². The maximum absolute atomic E-state index is 13.6. The van der Waals surface area contributed by atoms with Crippen LogP contribution in [0.2, 0.25) is 5.28 Å². The fourth-order valence-electron chi connectivity index (χ4n) is 1.68. The molecular formula is C13H13ClF2N4O. The Kier molecular flexibility index (Phi) is 4.85. The highest BCUT2D eigenvalue weighted by Gasteiger charge is 2.15. The molecule has 112 valence electrons. The molecule has 0 bridgehead atoms. The van der Waals surface area contributed by atoms with E-state index in [1.54, 1.807) is 0 Å². The van der Waals surface area contributed by atoms with Crippen LogP contribution in [0.5, 0.6) is 11.8 Å². The standard InChI is InChI=1S/C13H13ClF2N4O/c1-3-20(4-2)12-17-11(14)18-13(19-12)21-9-7-5-6-8(15)10(9)16/h5-7H,3-4H2,1-2H3. The van der Waals surface area contributed by atoms with Gasteiger partial charge in [0.2, 0.25) is 17.0 Å². The normalized spacial score (nSPS) is 10.5. The highest BCUT2D eigenvalue weighted by atomic mass is 35.5. The van der Waals surface area contributed by atoms with E-state index >= 15 is 0 Å². The van der Waals surface area contributed by atoms with Crippen LogP contribution >= 0.6 is 11.6 Å². The lowest BCUT2D eigenvalue weighted by molar-refractivity contribution is 0.391. The van der Waals surface area contributed by atoms with Gasteiger partial charge in [0.15, 0.2) is 11.6 Å². The van der Waals surface area contributed by atoms with Gasteiger partial charge in [0.1, 0.15) is 0 Å². The van der Waals surface area contributed by atoms with Crippen LogP contribution in [-0.2, 0) is 0 Å². The Hall–Kier alpha value is -2.02. The number of rotatable bonds is 5. The molecule has 5 nitrogen and oxygen atoms in total. The van der Waals surface area contributed by atoms with Crippen molar-refractivity contribution in [3.8, 4) is 11.8 Å². The number of benzene rings is 1. The van der Waals surface area contributed by atoms with Crippen molar-refractivity contribution in [3.05, 3.63) is 35.1 Å². The summed E-state index contributed by atoms with van der Waals surface area (Å²) < 4.78 is 31.9. The van der Waals surface area contributed by atoms with E-state index in [9.17, 15) is 8.78 Å². The molecule has 1 aromatic carbocycles. The number of nitrogens with zero attached hydrogens (tertiary/aromatic N) is 4. The molecule has 0 amide bonds. The molecule has 1 heterocycles. The summed E-state index contributed by atoms with van der Waals surface area (Å²) in [7, 11) is 0. The van der Waals surface area contributed by atoms with Crippen molar-refractivity contribution in [3.63, 3.8) is 0 Å². The molecule has 0 aliphatic heterocycles. The van der Waals surface area contributed by atoms with Gasteiger partial charge in [0.05, 0.1) is 0 Å². The van der Waals surface area contributed by atoms with Crippen LogP contribution < -0.4 is 9.64 Å². The lowest BCUT2D eigenvalue weighted by Gasteiger charge is -2.18. The van der Waals surface area contributed by atoms with Crippen molar-refractivity contribution in [2.24, 2.45) is 0 Å². The third-order valence-electron chi connectivity index (χ3n) is 2.74. The Morgan fingerprint density at radius 3 is 2.52 bits per heavy atom. The smallest absolute Gasteiger partial charge is 0.328 e. The summed E-state index contributed by atoms with van der Waals surface area (Å²) >= 11 is 5.81. The molecule has 0 fully saturated rings. The van der Waals surface area contributed by atoms with Gasteiger partial charge in [-0.05, 0) is 37.6 Å². The van der Waals surface area contributed by atoms with Gasteiger partial charge < -0.3 is 9.64 Å². The molecule has 2 rings (SSSR count). The Morgan fingerprint density at radius 2 is 1.86 bits per heavy atom. The summed E-state index contributed by atoms with van der Waals surface area (Å²) in [5.41, 5.74) is 0. The number of halogens is 3. The summed E-state index contributed by atoms with van der Waals surface area (Å²) in [5, 5.41) is -0.0845. The lowest BCUT2D eigenvalue weighted by Crippen LogP contribution is -2.24. The first kappa shape index (κ1) is 15.4. The zero-order valence-electron chi connectivity index (χ0n) is 11.5. The maximum atomic E-state index is 13.6. The predicted octanol–water partition coefficient (Wildman–Crippen LogP) is 3.44. The van der Waals surface area contributed by atoms with E-state index in [0.29, 0.717) is 19.0 Å². The largest absolute Gasteiger partial charge is 0.421 e. The first-order valence-corrected chi connectivity index (χ1v) is 6.71. The zero-order valence-corrected chi connectivity index (χ0v) is 12.2. The summed E-state index contributed by atoms with van der Waals surface area (Å²) in [5.74, 6) is -2.13. The van der Waals surface area contributed by atoms with Gasteiger partial charge in [-0.3, -0.25) is 0 Å². The van der Waals surface area contributed by atoms with E-state index in [2.05, 4.69) is 15.0 Å². The molecule has 0 radical (unpaired) electrons. The highest BCUT2D eigenvalue weighted by molar-refractivity contribution is 6.28. The topological polar surface area (TPSA) is 51.1 Å². The summed E-state index contributed by atoms with van der Waals surface area (Å²) in [6.07, 6.45) is 0. The fraction of sp³-hybridized carbons (Fsp3) is 0.308. The third kappa shape index (κ3) is 3.55. The summed E-state index contributed by atoms with van der Waals surface area (Å²) in [4.78, 5) is 13.6. The molecule has 0 saturated carbocycles. The quantitative estimate of drug-likeness (QED) is 0.846. The molecule has 0 unspecified atom stereocenters. The Balaban J connectivity index is 2.34. The Labute approximate surface area is 125 Å². The number of aromatic nitrogens is 3. The van der Waals surface area contributed by atoms with Crippen LogP contribution in [0.3, 0.4) is 0 Å². The molecule has 0 N–H and O–H groups in total. The van der Waals surface area contributed by atoms with Crippen molar-refractivity contribution in [2.75, 3.05) is 18.0 Å². The molecular weight excluding hydrogens is 302 g/mol. The summed E-state index contributed by atoms with van der Waals surface area (Å²) in [6, 6.07) is 3.39. The van der Waals surface area contributed by atoms with Gasteiger partial charge in [0, 0.05) is 13.1 Å². The van der Waals surface area contributed by atoms with Crippen LogP contribution in [0.25, 0.3) is 0 Å². The minimum absolute atomic E-state index is 0.0845. The molecule has 8 heteroatoms. The van der Waals surface area contributed by atoms with Gasteiger partial charge in [0.25, 0.3) is 0 Å². The van der Waals surface area contributed by atoms with Gasteiger partial charge in [-0.2, -0.15) is 19.3 Å². The first-order valence-electron chi connectivity index (χ1n) is 6.33. The van der Waals surface area contributed by atoms with Gasteiger partial charge in [-0.1, -0.05) is 6.07 Å². The van der Waals surface area contributed by atoms with E-state index in [0.717, 1.165) is 6.07 Å². The predicted molar refractivity (Wildman–Crippen MR) is 74.8 cm³/mol. The number of hydrogen-bond donors (Lipinski definition) is 0. The molecule has 1 aromatic heterocycles. The van der Waals surface area contributed by atoms with Crippen molar-refractivity contribution < 1.29 is 13.5 Å². The second-order valence-corrected chi connectivity index (χ2v) is 4.35. The first-order chi connectivity index (χ1) is 10.0. The second kappa shape index (κ2) is 6.62. The number of ether oxygens (including phenoxy) is 1. The van der Waals surface area contributed by atoms with E-state index < -0.39 is 11.6 Å². The number of hydrogen-bond acceptors (Lipinski definition) is 5. The van der Waals surface area contributed by atoms with Crippen LogP contribution in [0, 0.1) is 11.6 Å². The molecule has 0 spiro atoms. The third-order valence-corrected chi connectivity index (χ3v) is 2.91. The monoisotopic (exact) mass is 314 g/mol. The van der Waals surface area contributed by atoms with Crippen LogP contribution in [0.15, 0.2) is 18.2 Å². The van der Waals surface area contributed by atoms with Gasteiger partial charge in [-0.25, -0.2) is 4.39 Å². The van der Waals surface area contributed by atoms with E-state index in [1.807, 2.05) is 18.7 Å². The van der Waals surface area contributed by atoms with E-state index in [4.69, 9.17) is 16.3 Å². The molecule has 0 aliphatic rings. The molecule has 0 saturated heterocycles. The average Bonchev–Trinajstić information content (AvgIpc) is 2.45. The van der Waals surface area contributed by atoms with Crippen LogP contribution in [-0.4, -0.2) is 28.0 Å². The van der Waals surface area contributed by atoms with Crippen molar-refractivity contribution >= 4 is 17.5 Å². The maximum Gasteiger partial charge on any atom is 0.328 e. The fourth-order valence-corrected chi connectivity index (χ4v) is 1.82. The number of anilines is 1. The minimum Gasteiger partial charge on any atom is -0.421 e. The zero-order chi connectivity index (χ0) is 15.4. The lowest BCUT2D eigenvalue weighted by atomic mass is 10.3. The van der Waals surface area contributed by atoms with Crippen LogP contribution in [0.4, 0.5) is 14.7 Å². The van der Waals surface area contributed by atoms with Gasteiger partial charge >= 0.3 is 6.01 Å². The van der Waals surface area contributed by atoms with Gasteiger partial charge in [-0.15, -0.1) is 0 Å². The SMILES string of the molecule is CCN(CC)c1nc(Cl)nc(Oc2cccc(F)c2F)n1. The van der Waals surface area contributed by atoms with Crippen molar-refractivity contribution in [1.82, 2.24) is 15.0 Å². The van der Waals surface area contributed by atoms with Crippen molar-refractivity contribution in [2.45, 2.75) is 13.8 Å². The van der Waals surface area contributed by atoms with Crippen LogP contribution in [0.1, 0.15) is 13.8 Å².